The maximum atomic E-state index is 10.7. The Balaban J connectivity index is 2.48. The topological polar surface area (TPSA) is 107 Å². The molecule has 0 saturated carbocycles. The Labute approximate surface area is 107 Å². The fraction of sp³-hybridized carbons (Fsp3) is 0. The number of phenolic OH excluding ortho intramolecular Hbond substituents is 1. The largest absolute Gasteiger partial charge is 0.507 e. The van der Waals surface area contributed by atoms with Crippen molar-refractivity contribution in [3.05, 3.63) is 62.7 Å². The molecule has 1 N–H and O–H groups in total. The third-order valence-corrected chi connectivity index (χ3v) is 2.58. The smallest absolute Gasteiger partial charge is 0.270 e. The predicted octanol–water partition coefficient (Wildman–Crippen LogP) is 2.88. The van der Waals surface area contributed by atoms with Crippen LogP contribution in [0.4, 0.5) is 11.4 Å². The molecule has 0 saturated heterocycles. The number of hydrogen-bond acceptors (Lipinski definition) is 5. The van der Waals surface area contributed by atoms with E-state index in [1.54, 1.807) is 0 Å². The van der Waals surface area contributed by atoms with Crippen LogP contribution in [0.1, 0.15) is 0 Å². The number of nitro groups is 2. The minimum absolute atomic E-state index is 0.0892. The van der Waals surface area contributed by atoms with Crippen molar-refractivity contribution < 1.29 is 15.0 Å². The molecule has 0 amide bonds. The van der Waals surface area contributed by atoms with E-state index in [2.05, 4.69) is 0 Å². The Kier molecular flexibility index (Phi) is 3.11. The van der Waals surface area contributed by atoms with Crippen molar-refractivity contribution in [1.82, 2.24) is 0 Å². The zero-order valence-corrected chi connectivity index (χ0v) is 9.52. The number of rotatable bonds is 3. The van der Waals surface area contributed by atoms with E-state index >= 15 is 0 Å². The highest BCUT2D eigenvalue weighted by atomic mass is 16.6. The molecule has 0 heterocycles. The van der Waals surface area contributed by atoms with E-state index in [-0.39, 0.29) is 22.7 Å². The molecule has 2 rings (SSSR count). The third-order valence-electron chi connectivity index (χ3n) is 2.58. The lowest BCUT2D eigenvalue weighted by Gasteiger charge is -2.04. The second-order valence-corrected chi connectivity index (χ2v) is 3.76. The number of hydrogen-bond donors (Lipinski definition) is 1. The van der Waals surface area contributed by atoms with Gasteiger partial charge in [0.15, 0.2) is 0 Å². The quantitative estimate of drug-likeness (QED) is 0.674. The van der Waals surface area contributed by atoms with Crippen LogP contribution in [0.2, 0.25) is 0 Å². The van der Waals surface area contributed by atoms with E-state index in [1.807, 2.05) is 0 Å². The summed E-state index contributed by atoms with van der Waals surface area (Å²) in [6, 6.07) is 9.02. The summed E-state index contributed by atoms with van der Waals surface area (Å²) < 4.78 is 0. The third kappa shape index (κ3) is 2.49. The first-order chi connectivity index (χ1) is 8.99. The Morgan fingerprint density at radius 1 is 0.842 bits per heavy atom. The van der Waals surface area contributed by atoms with Crippen LogP contribution in [0.5, 0.6) is 5.75 Å². The highest BCUT2D eigenvalue weighted by molar-refractivity contribution is 5.73. The second kappa shape index (κ2) is 4.73. The average Bonchev–Trinajstić information content (AvgIpc) is 2.39. The van der Waals surface area contributed by atoms with E-state index in [0.717, 1.165) is 0 Å². The van der Waals surface area contributed by atoms with Gasteiger partial charge in [-0.05, 0) is 23.8 Å². The number of nitro benzene ring substituents is 2. The summed E-state index contributed by atoms with van der Waals surface area (Å²) in [6.07, 6.45) is 0. The zero-order chi connectivity index (χ0) is 14.0. The molecule has 7 heteroatoms. The standard InChI is InChI=1S/C12H8N2O5/c15-12-6-5-10(14(18)19)7-11(12)8-1-3-9(4-2-8)13(16)17/h1-7,15H. The van der Waals surface area contributed by atoms with Gasteiger partial charge in [-0.15, -0.1) is 0 Å². The van der Waals surface area contributed by atoms with Crippen LogP contribution >= 0.6 is 0 Å². The number of aromatic hydroxyl groups is 1. The van der Waals surface area contributed by atoms with Gasteiger partial charge in [0, 0.05) is 29.8 Å². The van der Waals surface area contributed by atoms with Crippen LogP contribution in [0, 0.1) is 20.2 Å². The van der Waals surface area contributed by atoms with Gasteiger partial charge in [-0.1, -0.05) is 0 Å². The van der Waals surface area contributed by atoms with Crippen LogP contribution in [0.15, 0.2) is 42.5 Å². The highest BCUT2D eigenvalue weighted by Gasteiger charge is 2.13. The first-order valence-corrected chi connectivity index (χ1v) is 5.21. The molecule has 0 aliphatic rings. The van der Waals surface area contributed by atoms with E-state index in [1.165, 1.54) is 42.5 Å². The van der Waals surface area contributed by atoms with E-state index in [9.17, 15) is 25.3 Å². The molecule has 0 bridgehead atoms. The minimum Gasteiger partial charge on any atom is -0.507 e. The number of benzene rings is 2. The zero-order valence-electron chi connectivity index (χ0n) is 9.52. The van der Waals surface area contributed by atoms with Crippen molar-refractivity contribution in [2.45, 2.75) is 0 Å². The summed E-state index contributed by atoms with van der Waals surface area (Å²) in [5, 5.41) is 30.9. The van der Waals surface area contributed by atoms with Gasteiger partial charge in [-0.2, -0.15) is 0 Å². The van der Waals surface area contributed by atoms with Crippen LogP contribution in [-0.2, 0) is 0 Å². The molecule has 0 aliphatic heterocycles. The molecule has 0 aliphatic carbocycles. The number of nitrogens with zero attached hydrogens (tertiary/aromatic N) is 2. The summed E-state index contributed by atoms with van der Waals surface area (Å²) >= 11 is 0. The van der Waals surface area contributed by atoms with Crippen LogP contribution in [-0.4, -0.2) is 15.0 Å². The molecule has 0 radical (unpaired) electrons. The summed E-state index contributed by atoms with van der Waals surface area (Å²) in [5.41, 5.74) is 0.468. The molecule has 0 unspecified atom stereocenters. The van der Waals surface area contributed by atoms with Crippen molar-refractivity contribution in [2.24, 2.45) is 0 Å². The number of non-ortho nitro benzene ring substituents is 2. The lowest BCUT2D eigenvalue weighted by molar-refractivity contribution is -0.384. The molecule has 7 nitrogen and oxygen atoms in total. The first kappa shape index (κ1) is 12.5. The van der Waals surface area contributed by atoms with Crippen molar-refractivity contribution in [2.75, 3.05) is 0 Å². The SMILES string of the molecule is O=[N+]([O-])c1ccc(-c2cc([N+](=O)[O-])ccc2O)cc1. The molecule has 96 valence electrons. The van der Waals surface area contributed by atoms with E-state index < -0.39 is 9.85 Å². The highest BCUT2D eigenvalue weighted by Crippen LogP contribution is 2.33. The first-order valence-electron chi connectivity index (χ1n) is 5.21. The van der Waals surface area contributed by atoms with Crippen LogP contribution in [0.25, 0.3) is 11.1 Å². The van der Waals surface area contributed by atoms with E-state index in [4.69, 9.17) is 0 Å². The van der Waals surface area contributed by atoms with Gasteiger partial charge < -0.3 is 5.11 Å². The lowest BCUT2D eigenvalue weighted by Crippen LogP contribution is -1.90. The molecule has 0 aromatic heterocycles. The van der Waals surface area contributed by atoms with Crippen LogP contribution < -0.4 is 0 Å². The summed E-state index contributed by atoms with van der Waals surface area (Å²) in [7, 11) is 0. The Morgan fingerprint density at radius 3 is 1.89 bits per heavy atom. The molecule has 19 heavy (non-hydrogen) atoms. The van der Waals surface area contributed by atoms with Gasteiger partial charge in [0.25, 0.3) is 11.4 Å². The molecule has 0 atom stereocenters. The molecule has 2 aromatic carbocycles. The van der Waals surface area contributed by atoms with Crippen molar-refractivity contribution in [1.29, 1.82) is 0 Å². The van der Waals surface area contributed by atoms with Gasteiger partial charge in [0.05, 0.1) is 9.85 Å². The second-order valence-electron chi connectivity index (χ2n) is 3.76. The van der Waals surface area contributed by atoms with Crippen molar-refractivity contribution in [3.8, 4) is 16.9 Å². The van der Waals surface area contributed by atoms with Gasteiger partial charge in [-0.25, -0.2) is 0 Å². The summed E-state index contributed by atoms with van der Waals surface area (Å²) in [5.74, 6) is -0.126. The monoisotopic (exact) mass is 260 g/mol. The Morgan fingerprint density at radius 2 is 1.37 bits per heavy atom. The summed E-state index contributed by atoms with van der Waals surface area (Å²) in [4.78, 5) is 20.1. The molecular weight excluding hydrogens is 252 g/mol. The molecular formula is C12H8N2O5. The Bertz CT molecular complexity index is 652. The van der Waals surface area contributed by atoms with Gasteiger partial charge >= 0.3 is 0 Å². The maximum absolute atomic E-state index is 10.7. The predicted molar refractivity (Wildman–Crippen MR) is 66.9 cm³/mol. The Hall–Kier alpha value is -2.96. The fourth-order valence-electron chi connectivity index (χ4n) is 1.63. The molecule has 2 aromatic rings. The van der Waals surface area contributed by atoms with E-state index in [0.29, 0.717) is 5.56 Å². The van der Waals surface area contributed by atoms with Gasteiger partial charge in [0.2, 0.25) is 0 Å². The maximum Gasteiger partial charge on any atom is 0.270 e. The molecule has 0 spiro atoms. The normalized spacial score (nSPS) is 10.1. The van der Waals surface area contributed by atoms with Crippen LogP contribution in [0.3, 0.4) is 0 Å². The molecule has 0 fully saturated rings. The fourth-order valence-corrected chi connectivity index (χ4v) is 1.63. The van der Waals surface area contributed by atoms with Gasteiger partial charge in [-0.3, -0.25) is 20.2 Å². The summed E-state index contributed by atoms with van der Waals surface area (Å²) in [6.45, 7) is 0. The van der Waals surface area contributed by atoms with Gasteiger partial charge in [0.1, 0.15) is 5.75 Å². The van der Waals surface area contributed by atoms with Crippen molar-refractivity contribution >= 4 is 11.4 Å². The number of phenols is 1. The minimum atomic E-state index is -0.575. The average molecular weight is 260 g/mol. The van der Waals surface area contributed by atoms with Crippen molar-refractivity contribution in [3.63, 3.8) is 0 Å². The lowest BCUT2D eigenvalue weighted by atomic mass is 10.0.